The largest absolute Gasteiger partial charge is 0.338 e. The molecule has 1 atom stereocenters. The van der Waals surface area contributed by atoms with Gasteiger partial charge in [-0.2, -0.15) is 4.98 Å². The molecule has 3 rings (SSSR count). The summed E-state index contributed by atoms with van der Waals surface area (Å²) in [5.74, 6) is 2.42. The molecule has 0 radical (unpaired) electrons. The van der Waals surface area contributed by atoms with Gasteiger partial charge in [0.1, 0.15) is 0 Å². The first kappa shape index (κ1) is 16.6. The predicted molar refractivity (Wildman–Crippen MR) is 91.6 cm³/mol. The molecule has 24 heavy (non-hydrogen) atoms. The third-order valence-corrected chi connectivity index (χ3v) is 4.64. The lowest BCUT2D eigenvalue weighted by Gasteiger charge is -2.09. The van der Waals surface area contributed by atoms with Gasteiger partial charge in [-0.25, -0.2) is 0 Å². The van der Waals surface area contributed by atoms with E-state index in [1.807, 2.05) is 32.9 Å². The Morgan fingerprint density at radius 1 is 1.17 bits per heavy atom. The van der Waals surface area contributed by atoms with Crippen LogP contribution < -0.4 is 0 Å². The van der Waals surface area contributed by atoms with Gasteiger partial charge in [-0.15, -0.1) is 10.2 Å². The fourth-order valence-electron chi connectivity index (χ4n) is 2.23. The number of pyridine rings is 1. The first-order valence-corrected chi connectivity index (χ1v) is 8.81. The molecule has 126 valence electrons. The van der Waals surface area contributed by atoms with Crippen LogP contribution in [0, 0.1) is 0 Å². The van der Waals surface area contributed by atoms with E-state index < -0.39 is 0 Å². The SMILES string of the molecule is CCn1c(SC(C)c2nc(C(C)C)no2)nnc1-c1ccncc1. The minimum atomic E-state index is 0.00444. The molecule has 3 aromatic heterocycles. The van der Waals surface area contributed by atoms with Crippen LogP contribution >= 0.6 is 11.8 Å². The van der Waals surface area contributed by atoms with E-state index in [1.165, 1.54) is 0 Å². The molecule has 0 aliphatic rings. The summed E-state index contributed by atoms with van der Waals surface area (Å²) in [5.41, 5.74) is 0.999. The van der Waals surface area contributed by atoms with Crippen molar-refractivity contribution in [1.29, 1.82) is 0 Å². The molecule has 0 saturated carbocycles. The molecule has 0 amide bonds. The van der Waals surface area contributed by atoms with Crippen molar-refractivity contribution in [2.45, 2.75) is 50.6 Å². The van der Waals surface area contributed by atoms with Gasteiger partial charge >= 0.3 is 0 Å². The van der Waals surface area contributed by atoms with Crippen LogP contribution in [0.4, 0.5) is 0 Å². The minimum Gasteiger partial charge on any atom is -0.338 e. The van der Waals surface area contributed by atoms with E-state index in [4.69, 9.17) is 4.52 Å². The summed E-state index contributed by atoms with van der Waals surface area (Å²) < 4.78 is 7.46. The summed E-state index contributed by atoms with van der Waals surface area (Å²) in [6.07, 6.45) is 3.51. The lowest BCUT2D eigenvalue weighted by atomic mass is 10.2. The zero-order valence-electron chi connectivity index (χ0n) is 14.2. The maximum Gasteiger partial charge on any atom is 0.239 e. The Balaban J connectivity index is 1.83. The van der Waals surface area contributed by atoms with Crippen molar-refractivity contribution in [1.82, 2.24) is 29.9 Å². The van der Waals surface area contributed by atoms with Gasteiger partial charge in [0.15, 0.2) is 16.8 Å². The van der Waals surface area contributed by atoms with Crippen LogP contribution in [0.3, 0.4) is 0 Å². The van der Waals surface area contributed by atoms with Gasteiger partial charge in [-0.3, -0.25) is 4.98 Å². The smallest absolute Gasteiger partial charge is 0.239 e. The summed E-state index contributed by atoms with van der Waals surface area (Å²) in [5, 5.41) is 13.5. The van der Waals surface area contributed by atoms with Crippen LogP contribution in [-0.2, 0) is 6.54 Å². The van der Waals surface area contributed by atoms with E-state index in [9.17, 15) is 0 Å². The summed E-state index contributed by atoms with van der Waals surface area (Å²) in [7, 11) is 0. The third-order valence-electron chi connectivity index (χ3n) is 3.58. The van der Waals surface area contributed by atoms with Gasteiger partial charge in [0.05, 0.1) is 5.25 Å². The fourth-order valence-corrected chi connectivity index (χ4v) is 3.17. The van der Waals surface area contributed by atoms with E-state index in [0.717, 1.165) is 28.9 Å². The second-order valence-electron chi connectivity index (χ2n) is 5.69. The minimum absolute atomic E-state index is 0.00444. The van der Waals surface area contributed by atoms with Crippen molar-refractivity contribution in [3.8, 4) is 11.4 Å². The zero-order valence-corrected chi connectivity index (χ0v) is 15.0. The molecular weight excluding hydrogens is 324 g/mol. The number of hydrogen-bond acceptors (Lipinski definition) is 7. The molecule has 0 N–H and O–H groups in total. The van der Waals surface area contributed by atoms with Crippen LogP contribution in [0.5, 0.6) is 0 Å². The van der Waals surface area contributed by atoms with Crippen molar-refractivity contribution < 1.29 is 4.52 Å². The van der Waals surface area contributed by atoms with Crippen LogP contribution in [0.15, 0.2) is 34.2 Å². The maximum atomic E-state index is 5.38. The summed E-state index contributed by atoms with van der Waals surface area (Å²) in [6, 6.07) is 3.86. The molecule has 0 aliphatic heterocycles. The Morgan fingerprint density at radius 3 is 2.54 bits per heavy atom. The molecular formula is C16H20N6OS. The average Bonchev–Trinajstić information content (AvgIpc) is 3.22. The van der Waals surface area contributed by atoms with Gasteiger partial charge in [-0.1, -0.05) is 30.8 Å². The number of hydrogen-bond donors (Lipinski definition) is 0. The second-order valence-corrected chi connectivity index (χ2v) is 7.00. The molecule has 0 fully saturated rings. The number of aromatic nitrogens is 6. The van der Waals surface area contributed by atoms with Gasteiger partial charge in [0.25, 0.3) is 0 Å². The van der Waals surface area contributed by atoms with E-state index in [0.29, 0.717) is 5.89 Å². The topological polar surface area (TPSA) is 82.5 Å². The Kier molecular flexibility index (Phi) is 4.94. The molecule has 0 spiro atoms. The molecule has 1 unspecified atom stereocenters. The molecule has 0 aliphatic carbocycles. The highest BCUT2D eigenvalue weighted by Gasteiger charge is 2.21. The molecule has 7 nitrogen and oxygen atoms in total. The maximum absolute atomic E-state index is 5.38. The molecule has 8 heteroatoms. The van der Waals surface area contributed by atoms with Crippen molar-refractivity contribution in [3.05, 3.63) is 36.2 Å². The second kappa shape index (κ2) is 7.12. The quantitative estimate of drug-likeness (QED) is 0.630. The highest BCUT2D eigenvalue weighted by atomic mass is 32.2. The highest BCUT2D eigenvalue weighted by Crippen LogP contribution is 2.34. The van der Waals surface area contributed by atoms with Gasteiger partial charge < -0.3 is 9.09 Å². The lowest BCUT2D eigenvalue weighted by molar-refractivity contribution is 0.373. The van der Waals surface area contributed by atoms with Crippen LogP contribution in [0.1, 0.15) is 50.6 Å². The lowest BCUT2D eigenvalue weighted by Crippen LogP contribution is -2.01. The Morgan fingerprint density at radius 2 is 1.92 bits per heavy atom. The van der Waals surface area contributed by atoms with Crippen LogP contribution in [0.2, 0.25) is 0 Å². The monoisotopic (exact) mass is 344 g/mol. The number of thioether (sulfide) groups is 1. The van der Waals surface area contributed by atoms with E-state index >= 15 is 0 Å². The van der Waals surface area contributed by atoms with Crippen molar-refractivity contribution in [2.24, 2.45) is 0 Å². The van der Waals surface area contributed by atoms with E-state index in [1.54, 1.807) is 24.2 Å². The molecule has 3 aromatic rings. The number of rotatable bonds is 6. The predicted octanol–water partition coefficient (Wildman–Crippen LogP) is 3.72. The Labute approximate surface area is 144 Å². The third kappa shape index (κ3) is 3.33. The summed E-state index contributed by atoms with van der Waals surface area (Å²) >= 11 is 1.57. The van der Waals surface area contributed by atoms with Gasteiger partial charge in [0, 0.05) is 30.4 Å². The first-order valence-electron chi connectivity index (χ1n) is 7.93. The van der Waals surface area contributed by atoms with Crippen LogP contribution in [0.25, 0.3) is 11.4 Å². The van der Waals surface area contributed by atoms with Crippen LogP contribution in [-0.4, -0.2) is 29.9 Å². The summed E-state index contributed by atoms with van der Waals surface area (Å²) in [6.45, 7) is 8.97. The first-order chi connectivity index (χ1) is 11.6. The highest BCUT2D eigenvalue weighted by molar-refractivity contribution is 7.99. The van der Waals surface area contributed by atoms with Gasteiger partial charge in [-0.05, 0) is 26.0 Å². The molecule has 0 aromatic carbocycles. The van der Waals surface area contributed by atoms with Crippen molar-refractivity contribution in [3.63, 3.8) is 0 Å². The van der Waals surface area contributed by atoms with Crippen molar-refractivity contribution in [2.75, 3.05) is 0 Å². The molecule has 3 heterocycles. The standard InChI is InChI=1S/C16H20N6OS/c1-5-22-14(12-6-8-17-9-7-12)19-20-16(22)24-11(4)15-18-13(10(2)3)21-23-15/h6-11H,5H2,1-4H3. The zero-order chi connectivity index (χ0) is 17.1. The number of nitrogens with zero attached hydrogens (tertiary/aromatic N) is 6. The molecule has 0 saturated heterocycles. The van der Waals surface area contributed by atoms with E-state index in [2.05, 4.69) is 36.8 Å². The summed E-state index contributed by atoms with van der Waals surface area (Å²) in [4.78, 5) is 8.51. The molecule has 0 bridgehead atoms. The fraction of sp³-hybridized carbons (Fsp3) is 0.438. The Bertz CT molecular complexity index is 798. The van der Waals surface area contributed by atoms with Gasteiger partial charge in [0.2, 0.25) is 5.89 Å². The van der Waals surface area contributed by atoms with E-state index in [-0.39, 0.29) is 11.2 Å². The average molecular weight is 344 g/mol. The normalized spacial score (nSPS) is 12.7. The van der Waals surface area contributed by atoms with Crippen molar-refractivity contribution >= 4 is 11.8 Å². The Hall–Kier alpha value is -2.22.